The molecule has 0 radical (unpaired) electrons. The second-order valence-electron chi connectivity index (χ2n) is 3.93. The maximum Gasteiger partial charge on any atom is 0.326 e. The fourth-order valence-electron chi connectivity index (χ4n) is 1.35. The molecule has 1 aromatic carbocycles. The molecule has 19 heavy (non-hydrogen) atoms. The van der Waals surface area contributed by atoms with Gasteiger partial charge in [-0.1, -0.05) is 6.07 Å². The summed E-state index contributed by atoms with van der Waals surface area (Å²) in [6.07, 6.45) is -0.755. The first-order chi connectivity index (χ1) is 8.81. The van der Waals surface area contributed by atoms with E-state index in [9.17, 15) is 18.8 Å². The lowest BCUT2D eigenvalue weighted by Crippen LogP contribution is -2.42. The lowest BCUT2D eigenvalue weighted by molar-refractivity contribution is -0.145. The Morgan fingerprint density at radius 3 is 2.42 bits per heavy atom. The van der Waals surface area contributed by atoms with Gasteiger partial charge in [-0.15, -0.1) is 0 Å². The largest absolute Gasteiger partial charge is 0.481 e. The summed E-state index contributed by atoms with van der Waals surface area (Å²) in [5.41, 5.74) is 0.275. The van der Waals surface area contributed by atoms with Crippen molar-refractivity contribution >= 4 is 17.8 Å². The number of hydrogen-bond donors (Lipinski definition) is 3. The number of aliphatic carboxylic acids is 2. The number of carbonyl (C=O) groups excluding carboxylic acids is 1. The van der Waals surface area contributed by atoms with Crippen LogP contribution >= 0.6 is 0 Å². The van der Waals surface area contributed by atoms with Gasteiger partial charge in [-0.25, -0.2) is 9.18 Å². The molecule has 1 atom stereocenters. The molecule has 0 fully saturated rings. The number of benzene rings is 1. The van der Waals surface area contributed by atoms with Crippen molar-refractivity contribution < 1.29 is 29.0 Å². The molecular formula is C12H12FNO5. The van der Waals surface area contributed by atoms with E-state index in [1.807, 2.05) is 5.32 Å². The number of hydrogen-bond acceptors (Lipinski definition) is 3. The average Bonchev–Trinajstić information content (AvgIpc) is 2.31. The van der Waals surface area contributed by atoms with Crippen molar-refractivity contribution in [3.8, 4) is 0 Å². The molecule has 0 saturated heterocycles. The standard InChI is InChI=1S/C12H12FNO5/c1-6-2-3-7(4-8(6)13)11(17)14-9(12(18)19)5-10(15)16/h2-4,9H,5H2,1H3,(H,14,17)(H,15,16)(H,18,19)/t9-/m1/s1. The van der Waals surface area contributed by atoms with Gasteiger partial charge in [0.05, 0.1) is 6.42 Å². The zero-order chi connectivity index (χ0) is 14.6. The number of halogens is 1. The van der Waals surface area contributed by atoms with Crippen LogP contribution in [0.3, 0.4) is 0 Å². The molecule has 102 valence electrons. The third-order valence-electron chi connectivity index (χ3n) is 2.42. The van der Waals surface area contributed by atoms with Gasteiger partial charge in [0.15, 0.2) is 0 Å². The van der Waals surface area contributed by atoms with Crippen LogP contribution < -0.4 is 5.32 Å². The van der Waals surface area contributed by atoms with Crippen LogP contribution in [-0.2, 0) is 9.59 Å². The molecule has 0 heterocycles. The van der Waals surface area contributed by atoms with E-state index >= 15 is 0 Å². The summed E-state index contributed by atoms with van der Waals surface area (Å²) >= 11 is 0. The molecule has 0 unspecified atom stereocenters. The number of carboxylic acids is 2. The second-order valence-corrected chi connectivity index (χ2v) is 3.93. The number of rotatable bonds is 5. The Morgan fingerprint density at radius 2 is 1.95 bits per heavy atom. The quantitative estimate of drug-likeness (QED) is 0.733. The van der Waals surface area contributed by atoms with Crippen LogP contribution in [0.25, 0.3) is 0 Å². The van der Waals surface area contributed by atoms with Crippen LogP contribution in [0.5, 0.6) is 0 Å². The minimum absolute atomic E-state index is 0.0697. The van der Waals surface area contributed by atoms with E-state index in [1.165, 1.54) is 19.1 Å². The van der Waals surface area contributed by atoms with E-state index in [1.54, 1.807) is 0 Å². The fourth-order valence-corrected chi connectivity index (χ4v) is 1.35. The first-order valence-electron chi connectivity index (χ1n) is 5.33. The van der Waals surface area contributed by atoms with Gasteiger partial charge in [0.1, 0.15) is 11.9 Å². The van der Waals surface area contributed by atoms with Gasteiger partial charge in [-0.3, -0.25) is 9.59 Å². The van der Waals surface area contributed by atoms with Gasteiger partial charge in [-0.2, -0.15) is 0 Å². The summed E-state index contributed by atoms with van der Waals surface area (Å²) in [5.74, 6) is -4.27. The molecule has 0 aliphatic carbocycles. The summed E-state index contributed by atoms with van der Waals surface area (Å²) < 4.78 is 13.3. The molecule has 0 spiro atoms. The van der Waals surface area contributed by atoms with Crippen molar-refractivity contribution in [3.63, 3.8) is 0 Å². The van der Waals surface area contributed by atoms with Gasteiger partial charge >= 0.3 is 11.9 Å². The minimum Gasteiger partial charge on any atom is -0.481 e. The number of aryl methyl sites for hydroxylation is 1. The highest BCUT2D eigenvalue weighted by Gasteiger charge is 2.23. The number of amides is 1. The van der Waals surface area contributed by atoms with Crippen LogP contribution in [0.15, 0.2) is 18.2 Å². The van der Waals surface area contributed by atoms with Gasteiger partial charge in [0.25, 0.3) is 5.91 Å². The lowest BCUT2D eigenvalue weighted by Gasteiger charge is -2.12. The van der Waals surface area contributed by atoms with E-state index < -0.39 is 36.1 Å². The van der Waals surface area contributed by atoms with Crippen molar-refractivity contribution in [1.82, 2.24) is 5.32 Å². The molecular weight excluding hydrogens is 257 g/mol. The Morgan fingerprint density at radius 1 is 1.32 bits per heavy atom. The van der Waals surface area contributed by atoms with Gasteiger partial charge in [0.2, 0.25) is 0 Å². The molecule has 0 saturated carbocycles. The molecule has 1 rings (SSSR count). The second kappa shape index (κ2) is 5.94. The van der Waals surface area contributed by atoms with Gasteiger partial charge in [-0.05, 0) is 24.6 Å². The monoisotopic (exact) mass is 269 g/mol. The van der Waals surface area contributed by atoms with Crippen molar-refractivity contribution in [2.75, 3.05) is 0 Å². The van der Waals surface area contributed by atoms with Crippen molar-refractivity contribution in [3.05, 3.63) is 35.1 Å². The van der Waals surface area contributed by atoms with Crippen molar-refractivity contribution in [2.45, 2.75) is 19.4 Å². The first kappa shape index (κ1) is 14.6. The maximum atomic E-state index is 13.3. The van der Waals surface area contributed by atoms with Crippen molar-refractivity contribution in [1.29, 1.82) is 0 Å². The van der Waals surface area contributed by atoms with Crippen LogP contribution in [0.2, 0.25) is 0 Å². The summed E-state index contributed by atoms with van der Waals surface area (Å²) in [6.45, 7) is 1.52. The summed E-state index contributed by atoms with van der Waals surface area (Å²) in [4.78, 5) is 32.9. The molecule has 0 aromatic heterocycles. The van der Waals surface area contributed by atoms with Crippen LogP contribution in [0.1, 0.15) is 22.3 Å². The average molecular weight is 269 g/mol. The molecule has 0 aliphatic heterocycles. The number of carbonyl (C=O) groups is 3. The predicted octanol–water partition coefficient (Wildman–Crippen LogP) is 0.792. The van der Waals surface area contributed by atoms with Crippen LogP contribution in [0.4, 0.5) is 4.39 Å². The van der Waals surface area contributed by atoms with Crippen LogP contribution in [-0.4, -0.2) is 34.1 Å². The highest BCUT2D eigenvalue weighted by molar-refractivity contribution is 5.97. The van der Waals surface area contributed by atoms with E-state index in [2.05, 4.69) is 0 Å². The fraction of sp³-hybridized carbons (Fsp3) is 0.250. The third kappa shape index (κ3) is 4.06. The zero-order valence-electron chi connectivity index (χ0n) is 10.0. The highest BCUT2D eigenvalue weighted by Crippen LogP contribution is 2.09. The molecule has 0 aliphatic rings. The smallest absolute Gasteiger partial charge is 0.326 e. The molecule has 7 heteroatoms. The first-order valence-corrected chi connectivity index (χ1v) is 5.33. The summed E-state index contributed by atoms with van der Waals surface area (Å²) in [5, 5.41) is 19.3. The minimum atomic E-state index is -1.56. The number of nitrogens with one attached hydrogen (secondary N) is 1. The molecule has 1 aromatic rings. The highest BCUT2D eigenvalue weighted by atomic mass is 19.1. The Kier molecular flexibility index (Phi) is 4.57. The molecule has 0 bridgehead atoms. The van der Waals surface area contributed by atoms with E-state index in [4.69, 9.17) is 10.2 Å². The molecule has 1 amide bonds. The van der Waals surface area contributed by atoms with Crippen LogP contribution in [0, 0.1) is 12.7 Å². The summed E-state index contributed by atoms with van der Waals surface area (Å²) in [7, 11) is 0. The zero-order valence-corrected chi connectivity index (χ0v) is 10.0. The van der Waals surface area contributed by atoms with E-state index in [-0.39, 0.29) is 5.56 Å². The molecule has 6 nitrogen and oxygen atoms in total. The maximum absolute atomic E-state index is 13.3. The normalized spacial score (nSPS) is 11.7. The third-order valence-corrected chi connectivity index (χ3v) is 2.42. The Balaban J connectivity index is 2.84. The Hall–Kier alpha value is -2.44. The molecule has 3 N–H and O–H groups in total. The lowest BCUT2D eigenvalue weighted by atomic mass is 10.1. The Labute approximate surface area is 107 Å². The topological polar surface area (TPSA) is 104 Å². The van der Waals surface area contributed by atoms with Crippen molar-refractivity contribution in [2.24, 2.45) is 0 Å². The Bertz CT molecular complexity index is 529. The SMILES string of the molecule is Cc1ccc(C(=O)N[C@H](CC(=O)O)C(=O)O)cc1F. The summed E-state index contributed by atoms with van der Waals surface area (Å²) in [6, 6.07) is 2.10. The van der Waals surface area contributed by atoms with E-state index in [0.717, 1.165) is 6.07 Å². The van der Waals surface area contributed by atoms with Gasteiger partial charge in [0, 0.05) is 5.56 Å². The number of carboxylic acid groups (broad SMARTS) is 2. The van der Waals surface area contributed by atoms with Gasteiger partial charge < -0.3 is 15.5 Å². The van der Waals surface area contributed by atoms with E-state index in [0.29, 0.717) is 5.56 Å². The predicted molar refractivity (Wildman–Crippen MR) is 62.3 cm³/mol.